The number of fused-ring (bicyclic) bond motifs is 1. The average Bonchev–Trinajstić information content (AvgIpc) is 2.92. The molecule has 0 aliphatic carbocycles. The number of carbonyl (C=O) groups is 1. The summed E-state index contributed by atoms with van der Waals surface area (Å²) in [4.78, 5) is 14.6. The zero-order valence-corrected chi connectivity index (χ0v) is 10.6. The molecule has 18 heavy (non-hydrogen) atoms. The Morgan fingerprint density at radius 3 is 2.56 bits per heavy atom. The number of amides is 1. The van der Waals surface area contributed by atoms with Crippen LogP contribution in [0.1, 0.15) is 28.8 Å². The Morgan fingerprint density at radius 1 is 1.06 bits per heavy atom. The monoisotopic (exact) mass is 239 g/mol. The minimum Gasteiger partial charge on any atom is -0.339 e. The second-order valence-corrected chi connectivity index (χ2v) is 4.98. The van der Waals surface area contributed by atoms with Crippen molar-refractivity contribution in [3.8, 4) is 0 Å². The van der Waals surface area contributed by atoms with E-state index >= 15 is 0 Å². The highest BCUT2D eigenvalue weighted by Gasteiger charge is 2.22. The van der Waals surface area contributed by atoms with E-state index in [0.29, 0.717) is 0 Å². The zero-order chi connectivity index (χ0) is 12.5. The fraction of sp³-hybridized carbons (Fsp3) is 0.312. The first-order valence-corrected chi connectivity index (χ1v) is 6.55. The highest BCUT2D eigenvalue weighted by Crippen LogP contribution is 2.24. The Balaban J connectivity index is 2.14. The van der Waals surface area contributed by atoms with Crippen molar-refractivity contribution in [1.29, 1.82) is 0 Å². The third-order valence-corrected chi connectivity index (χ3v) is 3.74. The Kier molecular flexibility index (Phi) is 2.78. The lowest BCUT2D eigenvalue weighted by molar-refractivity contribution is 0.0794. The van der Waals surface area contributed by atoms with Crippen molar-refractivity contribution in [3.05, 3.63) is 47.5 Å². The molecule has 0 N–H and O–H groups in total. The lowest BCUT2D eigenvalue weighted by atomic mass is 9.99. The van der Waals surface area contributed by atoms with E-state index in [0.717, 1.165) is 47.8 Å². The van der Waals surface area contributed by atoms with Crippen molar-refractivity contribution in [2.75, 3.05) is 13.1 Å². The summed E-state index contributed by atoms with van der Waals surface area (Å²) in [5, 5.41) is 2.22. The maximum atomic E-state index is 12.6. The molecule has 0 saturated carbocycles. The molecule has 0 atom stereocenters. The third-order valence-electron chi connectivity index (χ3n) is 3.74. The minimum atomic E-state index is 0.196. The van der Waals surface area contributed by atoms with Gasteiger partial charge in [-0.1, -0.05) is 36.4 Å². The SMILES string of the molecule is Cc1ccc2ccccc2c1C(=O)N1CCCC1. The van der Waals surface area contributed by atoms with Crippen molar-refractivity contribution in [3.63, 3.8) is 0 Å². The van der Waals surface area contributed by atoms with Gasteiger partial charge in [-0.05, 0) is 36.1 Å². The predicted octanol–water partition coefficient (Wildman–Crippen LogP) is 3.38. The van der Waals surface area contributed by atoms with Crippen LogP contribution in [0.25, 0.3) is 10.8 Å². The van der Waals surface area contributed by atoms with Gasteiger partial charge in [-0.3, -0.25) is 4.79 Å². The van der Waals surface area contributed by atoms with Gasteiger partial charge in [-0.2, -0.15) is 0 Å². The van der Waals surface area contributed by atoms with Gasteiger partial charge in [0.2, 0.25) is 0 Å². The number of aryl methyl sites for hydroxylation is 1. The third kappa shape index (κ3) is 1.78. The lowest BCUT2D eigenvalue weighted by Crippen LogP contribution is -2.28. The van der Waals surface area contributed by atoms with Crippen LogP contribution in [-0.4, -0.2) is 23.9 Å². The van der Waals surface area contributed by atoms with Crippen LogP contribution in [0, 0.1) is 6.92 Å². The Hall–Kier alpha value is -1.83. The quantitative estimate of drug-likeness (QED) is 0.747. The average molecular weight is 239 g/mol. The molecule has 1 aliphatic rings. The molecular weight excluding hydrogens is 222 g/mol. The summed E-state index contributed by atoms with van der Waals surface area (Å²) >= 11 is 0. The topological polar surface area (TPSA) is 20.3 Å². The normalized spacial score (nSPS) is 15.3. The van der Waals surface area contributed by atoms with Crippen molar-refractivity contribution >= 4 is 16.7 Å². The van der Waals surface area contributed by atoms with Crippen LogP contribution in [0.15, 0.2) is 36.4 Å². The number of nitrogens with zero attached hydrogens (tertiary/aromatic N) is 1. The van der Waals surface area contributed by atoms with Crippen molar-refractivity contribution < 1.29 is 4.79 Å². The fourth-order valence-corrected chi connectivity index (χ4v) is 2.74. The van der Waals surface area contributed by atoms with Gasteiger partial charge >= 0.3 is 0 Å². The largest absolute Gasteiger partial charge is 0.339 e. The van der Waals surface area contributed by atoms with Crippen LogP contribution in [0.5, 0.6) is 0 Å². The van der Waals surface area contributed by atoms with E-state index in [4.69, 9.17) is 0 Å². The van der Waals surface area contributed by atoms with Crippen molar-refractivity contribution in [2.24, 2.45) is 0 Å². The van der Waals surface area contributed by atoms with Gasteiger partial charge in [0.15, 0.2) is 0 Å². The lowest BCUT2D eigenvalue weighted by Gasteiger charge is -2.18. The first-order chi connectivity index (χ1) is 8.77. The first-order valence-electron chi connectivity index (χ1n) is 6.55. The molecule has 0 bridgehead atoms. The molecule has 0 spiro atoms. The maximum absolute atomic E-state index is 12.6. The molecule has 92 valence electrons. The minimum absolute atomic E-state index is 0.196. The summed E-state index contributed by atoms with van der Waals surface area (Å²) in [6.07, 6.45) is 2.27. The molecule has 2 nitrogen and oxygen atoms in total. The van der Waals surface area contributed by atoms with Gasteiger partial charge in [-0.15, -0.1) is 0 Å². The number of likely N-dealkylation sites (tertiary alicyclic amines) is 1. The van der Waals surface area contributed by atoms with Gasteiger partial charge in [0, 0.05) is 13.1 Å². The van der Waals surface area contributed by atoms with Gasteiger partial charge in [-0.25, -0.2) is 0 Å². The van der Waals surface area contributed by atoms with Crippen molar-refractivity contribution in [1.82, 2.24) is 4.90 Å². The summed E-state index contributed by atoms with van der Waals surface area (Å²) in [6.45, 7) is 3.83. The van der Waals surface area contributed by atoms with Gasteiger partial charge in [0.1, 0.15) is 0 Å². The van der Waals surface area contributed by atoms with E-state index in [2.05, 4.69) is 12.1 Å². The van der Waals surface area contributed by atoms with Gasteiger partial charge in [0.05, 0.1) is 5.56 Å². The second kappa shape index (κ2) is 4.45. The van der Waals surface area contributed by atoms with E-state index in [-0.39, 0.29) is 5.91 Å². The summed E-state index contributed by atoms with van der Waals surface area (Å²) in [7, 11) is 0. The molecule has 2 aromatic carbocycles. The van der Waals surface area contributed by atoms with E-state index in [9.17, 15) is 4.79 Å². The van der Waals surface area contributed by atoms with Crippen LogP contribution < -0.4 is 0 Å². The molecule has 1 saturated heterocycles. The molecule has 2 aromatic rings. The van der Waals surface area contributed by atoms with Crippen molar-refractivity contribution in [2.45, 2.75) is 19.8 Å². The van der Waals surface area contributed by atoms with Crippen LogP contribution in [0.4, 0.5) is 0 Å². The smallest absolute Gasteiger partial charge is 0.254 e. The molecule has 0 radical (unpaired) electrons. The van der Waals surface area contributed by atoms with E-state index in [1.807, 2.05) is 36.1 Å². The summed E-state index contributed by atoms with van der Waals surface area (Å²) in [5.41, 5.74) is 1.96. The number of rotatable bonds is 1. The van der Waals surface area contributed by atoms with E-state index < -0.39 is 0 Å². The zero-order valence-electron chi connectivity index (χ0n) is 10.6. The Morgan fingerprint density at radius 2 is 1.78 bits per heavy atom. The van der Waals surface area contributed by atoms with Crippen LogP contribution in [0.2, 0.25) is 0 Å². The summed E-state index contributed by atoms with van der Waals surface area (Å²) < 4.78 is 0. The Labute approximate surface area is 107 Å². The van der Waals surface area contributed by atoms with Crippen LogP contribution >= 0.6 is 0 Å². The number of hydrogen-bond acceptors (Lipinski definition) is 1. The number of benzene rings is 2. The van der Waals surface area contributed by atoms with Gasteiger partial charge in [0.25, 0.3) is 5.91 Å². The number of hydrogen-bond donors (Lipinski definition) is 0. The molecule has 3 rings (SSSR count). The summed E-state index contributed by atoms with van der Waals surface area (Å²) in [6, 6.07) is 12.3. The first kappa shape index (κ1) is 11.3. The molecule has 1 aliphatic heterocycles. The molecular formula is C16H17NO. The van der Waals surface area contributed by atoms with Gasteiger partial charge < -0.3 is 4.90 Å². The molecule has 1 fully saturated rings. The molecule has 1 heterocycles. The molecule has 0 unspecified atom stereocenters. The molecule has 0 aromatic heterocycles. The number of carbonyl (C=O) groups excluding carboxylic acids is 1. The van der Waals surface area contributed by atoms with Crippen LogP contribution in [0.3, 0.4) is 0 Å². The standard InChI is InChI=1S/C16H17NO/c1-12-8-9-13-6-2-3-7-14(13)15(12)16(18)17-10-4-5-11-17/h2-3,6-9H,4-5,10-11H2,1H3. The Bertz CT molecular complexity index is 597. The van der Waals surface area contributed by atoms with E-state index in [1.165, 1.54) is 0 Å². The molecule has 2 heteroatoms. The van der Waals surface area contributed by atoms with E-state index in [1.54, 1.807) is 0 Å². The predicted molar refractivity (Wildman–Crippen MR) is 73.8 cm³/mol. The fourth-order valence-electron chi connectivity index (χ4n) is 2.74. The second-order valence-electron chi connectivity index (χ2n) is 4.98. The van der Waals surface area contributed by atoms with Crippen LogP contribution in [-0.2, 0) is 0 Å². The maximum Gasteiger partial charge on any atom is 0.254 e. The highest BCUT2D eigenvalue weighted by molar-refractivity contribution is 6.08. The molecule has 1 amide bonds. The summed E-state index contributed by atoms with van der Waals surface area (Å²) in [5.74, 6) is 0.196. The highest BCUT2D eigenvalue weighted by atomic mass is 16.2.